The van der Waals surface area contributed by atoms with Crippen molar-refractivity contribution in [3.63, 3.8) is 0 Å². The molecule has 0 amide bonds. The summed E-state index contributed by atoms with van der Waals surface area (Å²) in [7, 11) is 0. The second-order valence-corrected chi connectivity index (χ2v) is 5.45. The van der Waals surface area contributed by atoms with E-state index in [-0.39, 0.29) is 6.23 Å². The minimum Gasteiger partial charge on any atom is -0.374 e. The van der Waals surface area contributed by atoms with Gasteiger partial charge in [0.2, 0.25) is 0 Å². The Morgan fingerprint density at radius 1 is 1.00 bits per heavy atom. The summed E-state index contributed by atoms with van der Waals surface area (Å²) in [6.07, 6.45) is 2.65. The van der Waals surface area contributed by atoms with Crippen LogP contribution in [0.2, 0.25) is 0 Å². The molecule has 2 aromatic carbocycles. The summed E-state index contributed by atoms with van der Waals surface area (Å²) in [4.78, 5) is 2.16. The largest absolute Gasteiger partial charge is 0.374 e. The van der Waals surface area contributed by atoms with E-state index >= 15 is 0 Å². The monoisotopic (exact) mass is 251 g/mol. The van der Waals surface area contributed by atoms with Gasteiger partial charge in [-0.2, -0.15) is 0 Å². The first-order valence-electron chi connectivity index (χ1n) is 6.99. The number of anilines is 1. The van der Waals surface area contributed by atoms with Crippen molar-refractivity contribution in [3.8, 4) is 11.1 Å². The van der Waals surface area contributed by atoms with E-state index in [1.807, 2.05) is 0 Å². The fourth-order valence-electron chi connectivity index (χ4n) is 3.44. The summed E-state index contributed by atoms with van der Waals surface area (Å²) in [6, 6.07) is 15.1. The lowest BCUT2D eigenvalue weighted by Gasteiger charge is -2.25. The molecule has 1 aliphatic carbocycles. The van der Waals surface area contributed by atoms with Crippen LogP contribution < -0.4 is 4.90 Å². The van der Waals surface area contributed by atoms with Crippen molar-refractivity contribution in [1.29, 1.82) is 0 Å². The van der Waals surface area contributed by atoms with Gasteiger partial charge in [-0.05, 0) is 41.2 Å². The summed E-state index contributed by atoms with van der Waals surface area (Å²) >= 11 is 0. The molecule has 1 unspecified atom stereocenters. The van der Waals surface area contributed by atoms with Crippen LogP contribution >= 0.6 is 0 Å². The zero-order chi connectivity index (χ0) is 12.8. The van der Waals surface area contributed by atoms with Gasteiger partial charge >= 0.3 is 0 Å². The minimum atomic E-state index is -0.310. The van der Waals surface area contributed by atoms with E-state index < -0.39 is 0 Å². The van der Waals surface area contributed by atoms with Crippen molar-refractivity contribution in [2.75, 3.05) is 11.4 Å². The summed E-state index contributed by atoms with van der Waals surface area (Å²) in [5, 5.41) is 10.1. The average Bonchev–Trinajstić information content (AvgIpc) is 3.02. The van der Waals surface area contributed by atoms with Crippen molar-refractivity contribution in [2.45, 2.75) is 25.5 Å². The fraction of sp³-hybridized carbons (Fsp3) is 0.294. The Balaban J connectivity index is 1.85. The maximum absolute atomic E-state index is 10.1. The second kappa shape index (κ2) is 4.10. The van der Waals surface area contributed by atoms with E-state index in [2.05, 4.69) is 47.4 Å². The lowest BCUT2D eigenvalue weighted by Crippen LogP contribution is -2.29. The molecular weight excluding hydrogens is 234 g/mol. The van der Waals surface area contributed by atoms with Crippen LogP contribution in [-0.4, -0.2) is 17.9 Å². The fourth-order valence-corrected chi connectivity index (χ4v) is 3.44. The normalized spacial score (nSPS) is 20.5. The molecule has 2 aliphatic rings. The number of rotatable bonds is 1. The van der Waals surface area contributed by atoms with Crippen molar-refractivity contribution < 1.29 is 5.11 Å². The molecule has 0 radical (unpaired) electrons. The van der Waals surface area contributed by atoms with E-state index in [9.17, 15) is 5.11 Å². The summed E-state index contributed by atoms with van der Waals surface area (Å²) < 4.78 is 0. The molecule has 2 aromatic rings. The van der Waals surface area contributed by atoms with Gasteiger partial charge in [0.05, 0.1) is 0 Å². The molecule has 96 valence electrons. The zero-order valence-corrected chi connectivity index (χ0v) is 10.8. The van der Waals surface area contributed by atoms with Crippen LogP contribution in [0.3, 0.4) is 0 Å². The van der Waals surface area contributed by atoms with Crippen LogP contribution in [0, 0.1) is 0 Å². The quantitative estimate of drug-likeness (QED) is 0.718. The van der Waals surface area contributed by atoms with E-state index in [0.717, 1.165) is 25.8 Å². The number of nitrogens with zero attached hydrogens (tertiary/aromatic N) is 1. The first kappa shape index (κ1) is 11.1. The van der Waals surface area contributed by atoms with E-state index in [1.54, 1.807) is 0 Å². The highest BCUT2D eigenvalue weighted by Crippen LogP contribution is 2.42. The third-order valence-corrected chi connectivity index (χ3v) is 4.36. The van der Waals surface area contributed by atoms with Crippen LogP contribution in [0.4, 0.5) is 5.69 Å². The number of fused-ring (bicyclic) bond motifs is 3. The van der Waals surface area contributed by atoms with E-state index in [4.69, 9.17) is 0 Å². The Hall–Kier alpha value is -1.80. The van der Waals surface area contributed by atoms with Gasteiger partial charge in [0.15, 0.2) is 0 Å². The number of aliphatic hydroxyl groups excluding tert-OH is 1. The lowest BCUT2D eigenvalue weighted by atomic mass is 10.0. The van der Waals surface area contributed by atoms with Crippen molar-refractivity contribution in [1.82, 2.24) is 0 Å². The van der Waals surface area contributed by atoms with Gasteiger partial charge in [-0.1, -0.05) is 36.4 Å². The molecule has 19 heavy (non-hydrogen) atoms. The molecule has 1 atom stereocenters. The van der Waals surface area contributed by atoms with Crippen molar-refractivity contribution in [2.24, 2.45) is 0 Å². The van der Waals surface area contributed by atoms with Gasteiger partial charge in [0.1, 0.15) is 6.23 Å². The molecule has 2 nitrogen and oxygen atoms in total. The van der Waals surface area contributed by atoms with Gasteiger partial charge in [0.25, 0.3) is 0 Å². The van der Waals surface area contributed by atoms with Crippen LogP contribution in [0.5, 0.6) is 0 Å². The molecule has 1 aliphatic heterocycles. The van der Waals surface area contributed by atoms with Gasteiger partial charge in [-0.15, -0.1) is 0 Å². The highest BCUT2D eigenvalue weighted by molar-refractivity contribution is 5.82. The van der Waals surface area contributed by atoms with Crippen LogP contribution in [0.15, 0.2) is 42.5 Å². The van der Waals surface area contributed by atoms with Gasteiger partial charge < -0.3 is 10.0 Å². The third kappa shape index (κ3) is 1.60. The van der Waals surface area contributed by atoms with Crippen LogP contribution in [0.25, 0.3) is 11.1 Å². The van der Waals surface area contributed by atoms with E-state index in [0.29, 0.717) is 0 Å². The summed E-state index contributed by atoms with van der Waals surface area (Å²) in [5.74, 6) is 0. The van der Waals surface area contributed by atoms with Gasteiger partial charge in [-0.25, -0.2) is 0 Å². The topological polar surface area (TPSA) is 23.5 Å². The summed E-state index contributed by atoms with van der Waals surface area (Å²) in [6.45, 7) is 0.966. The Bertz CT molecular complexity index is 635. The second-order valence-electron chi connectivity index (χ2n) is 5.45. The number of hydrogen-bond acceptors (Lipinski definition) is 2. The van der Waals surface area contributed by atoms with E-state index in [1.165, 1.54) is 27.9 Å². The number of aliphatic hydroxyl groups is 1. The third-order valence-electron chi connectivity index (χ3n) is 4.36. The molecular formula is C17H17NO. The highest BCUT2D eigenvalue weighted by atomic mass is 16.3. The molecule has 0 saturated carbocycles. The Kier molecular flexibility index (Phi) is 2.39. The molecule has 4 rings (SSSR count). The smallest absolute Gasteiger partial charge is 0.126 e. The lowest BCUT2D eigenvalue weighted by molar-refractivity contribution is 0.185. The SMILES string of the molecule is OC1CCCN1c1cccc2c1Cc1ccccc1-2. The molecule has 0 bridgehead atoms. The molecule has 1 N–H and O–H groups in total. The summed E-state index contributed by atoms with van der Waals surface area (Å²) in [5.41, 5.74) is 6.70. The molecule has 1 saturated heterocycles. The first-order chi connectivity index (χ1) is 9.34. The first-order valence-corrected chi connectivity index (χ1v) is 6.99. The molecule has 2 heteroatoms. The maximum atomic E-state index is 10.1. The average molecular weight is 251 g/mol. The zero-order valence-electron chi connectivity index (χ0n) is 10.8. The molecule has 0 spiro atoms. The highest BCUT2D eigenvalue weighted by Gasteiger charge is 2.28. The predicted octanol–water partition coefficient (Wildman–Crippen LogP) is 3.18. The predicted molar refractivity (Wildman–Crippen MR) is 77.3 cm³/mol. The van der Waals surface area contributed by atoms with Gasteiger partial charge in [-0.3, -0.25) is 0 Å². The molecule has 1 heterocycles. The Labute approximate surface area is 113 Å². The standard InChI is InChI=1S/C17H17NO/c19-17-9-4-10-18(17)16-8-3-7-14-13-6-2-1-5-12(13)11-15(14)16/h1-3,5-8,17,19H,4,9-11H2. The number of benzene rings is 2. The van der Waals surface area contributed by atoms with Crippen LogP contribution in [0.1, 0.15) is 24.0 Å². The molecule has 0 aromatic heterocycles. The van der Waals surface area contributed by atoms with Gasteiger partial charge in [0, 0.05) is 18.7 Å². The van der Waals surface area contributed by atoms with Crippen molar-refractivity contribution in [3.05, 3.63) is 53.6 Å². The maximum Gasteiger partial charge on any atom is 0.126 e. The Morgan fingerprint density at radius 3 is 2.68 bits per heavy atom. The van der Waals surface area contributed by atoms with Crippen LogP contribution in [-0.2, 0) is 6.42 Å². The minimum absolute atomic E-state index is 0.310. The Morgan fingerprint density at radius 2 is 1.84 bits per heavy atom. The number of hydrogen-bond donors (Lipinski definition) is 1. The molecule has 1 fully saturated rings. The van der Waals surface area contributed by atoms with Crippen molar-refractivity contribution >= 4 is 5.69 Å².